The molecular weight excluding hydrogens is 526 g/mol. The molecule has 0 bridgehead atoms. The van der Waals surface area contributed by atoms with E-state index in [1.165, 1.54) is 5.56 Å². The standard InChI is InChI=1S/C30H31N5O4S/c1-40(36,37)38-22-30(16-18-34(19-17-30)21-23-8-4-2-5-9-23)35-29(32)27(20-31)28(33-35)24-12-14-26(15-13-24)39-25-10-6-3-7-11-25/h2-15H,16-19,21-22,32H2,1H3. The third-order valence-electron chi connectivity index (χ3n) is 7.17. The number of rotatable bonds is 9. The molecule has 1 aliphatic rings. The number of aromatic nitrogens is 2. The van der Waals surface area contributed by atoms with Gasteiger partial charge in [0.25, 0.3) is 10.1 Å². The Morgan fingerprint density at radius 1 is 0.950 bits per heavy atom. The van der Waals surface area contributed by atoms with Gasteiger partial charge in [0.1, 0.15) is 34.6 Å². The van der Waals surface area contributed by atoms with Gasteiger partial charge in [-0.1, -0.05) is 48.5 Å². The first-order valence-corrected chi connectivity index (χ1v) is 14.8. The molecule has 10 heteroatoms. The zero-order valence-corrected chi connectivity index (χ0v) is 23.0. The molecule has 1 fully saturated rings. The number of hydrogen-bond donors (Lipinski definition) is 1. The average Bonchev–Trinajstić information content (AvgIpc) is 3.30. The zero-order valence-electron chi connectivity index (χ0n) is 22.2. The van der Waals surface area contributed by atoms with Gasteiger partial charge in [0, 0.05) is 25.2 Å². The van der Waals surface area contributed by atoms with Gasteiger partial charge >= 0.3 is 0 Å². The van der Waals surface area contributed by atoms with Gasteiger partial charge in [0.05, 0.1) is 18.4 Å². The fourth-order valence-corrected chi connectivity index (χ4v) is 5.45. The lowest BCUT2D eigenvalue weighted by Gasteiger charge is -2.42. The van der Waals surface area contributed by atoms with Crippen molar-refractivity contribution in [3.63, 3.8) is 0 Å². The largest absolute Gasteiger partial charge is 0.457 e. The minimum Gasteiger partial charge on any atom is -0.457 e. The third kappa shape index (κ3) is 6.18. The molecule has 9 nitrogen and oxygen atoms in total. The molecule has 0 spiro atoms. The van der Waals surface area contributed by atoms with Gasteiger partial charge in [0.15, 0.2) is 0 Å². The maximum absolute atomic E-state index is 12.0. The van der Waals surface area contributed by atoms with Crippen molar-refractivity contribution in [3.05, 3.63) is 96.1 Å². The summed E-state index contributed by atoms with van der Waals surface area (Å²) in [6.07, 6.45) is 2.13. The number of nitrogens with zero attached hydrogens (tertiary/aromatic N) is 4. The zero-order chi connectivity index (χ0) is 28.2. The second-order valence-corrected chi connectivity index (χ2v) is 11.7. The third-order valence-corrected chi connectivity index (χ3v) is 7.71. The second kappa shape index (κ2) is 11.5. The summed E-state index contributed by atoms with van der Waals surface area (Å²) in [6, 6.07) is 29.1. The van der Waals surface area contributed by atoms with E-state index in [4.69, 9.17) is 19.8 Å². The van der Waals surface area contributed by atoms with Gasteiger partial charge < -0.3 is 10.5 Å². The number of benzene rings is 3. The van der Waals surface area contributed by atoms with Crippen LogP contribution < -0.4 is 10.5 Å². The first-order chi connectivity index (χ1) is 19.3. The van der Waals surface area contributed by atoms with Crippen LogP contribution in [-0.4, -0.2) is 49.1 Å². The maximum atomic E-state index is 12.0. The normalized spacial score (nSPS) is 15.4. The lowest BCUT2D eigenvalue weighted by Crippen LogP contribution is -2.49. The molecular formula is C30H31N5O4S. The fourth-order valence-electron chi connectivity index (χ4n) is 5.01. The lowest BCUT2D eigenvalue weighted by atomic mass is 9.88. The quantitative estimate of drug-likeness (QED) is 0.292. The minimum atomic E-state index is -3.71. The molecule has 4 aromatic rings. The molecule has 40 heavy (non-hydrogen) atoms. The summed E-state index contributed by atoms with van der Waals surface area (Å²) < 4.78 is 36.8. The number of likely N-dealkylation sites (tertiary alicyclic amines) is 1. The van der Waals surface area contributed by atoms with E-state index >= 15 is 0 Å². The molecule has 3 aromatic carbocycles. The van der Waals surface area contributed by atoms with Gasteiger partial charge in [-0.2, -0.15) is 18.8 Å². The van der Waals surface area contributed by atoms with Crippen molar-refractivity contribution in [2.75, 3.05) is 31.7 Å². The molecule has 0 unspecified atom stereocenters. The van der Waals surface area contributed by atoms with Gasteiger partial charge in [-0.3, -0.25) is 9.08 Å². The highest BCUT2D eigenvalue weighted by atomic mass is 32.2. The first kappa shape index (κ1) is 27.4. The molecule has 206 valence electrons. The molecule has 0 saturated carbocycles. The fraction of sp³-hybridized carbons (Fsp3) is 0.267. The molecule has 2 N–H and O–H groups in total. The van der Waals surface area contributed by atoms with Crippen molar-refractivity contribution in [1.82, 2.24) is 14.7 Å². The van der Waals surface area contributed by atoms with Crippen molar-refractivity contribution < 1.29 is 17.3 Å². The smallest absolute Gasteiger partial charge is 0.264 e. The number of hydrogen-bond acceptors (Lipinski definition) is 8. The van der Waals surface area contributed by atoms with Crippen LogP contribution in [0.4, 0.5) is 5.82 Å². The highest BCUT2D eigenvalue weighted by Gasteiger charge is 2.41. The van der Waals surface area contributed by atoms with E-state index in [0.29, 0.717) is 48.7 Å². The summed E-state index contributed by atoms with van der Waals surface area (Å²) >= 11 is 0. The van der Waals surface area contributed by atoms with E-state index in [1.54, 1.807) is 4.68 Å². The Morgan fingerprint density at radius 2 is 1.55 bits per heavy atom. The predicted octanol–water partition coefficient (Wildman–Crippen LogP) is 4.76. The second-order valence-electron chi connectivity index (χ2n) is 10.0. The number of para-hydroxylation sites is 1. The molecule has 0 atom stereocenters. The Hall–Kier alpha value is -4.17. The highest BCUT2D eigenvalue weighted by molar-refractivity contribution is 7.85. The van der Waals surface area contributed by atoms with Crippen molar-refractivity contribution in [2.24, 2.45) is 0 Å². The average molecular weight is 558 g/mol. The summed E-state index contributed by atoms with van der Waals surface area (Å²) in [5.74, 6) is 1.55. The van der Waals surface area contributed by atoms with Crippen LogP contribution >= 0.6 is 0 Å². The van der Waals surface area contributed by atoms with Gasteiger partial charge in [-0.25, -0.2) is 4.68 Å². The van der Waals surface area contributed by atoms with E-state index in [2.05, 4.69) is 23.1 Å². The summed E-state index contributed by atoms with van der Waals surface area (Å²) in [4.78, 5) is 2.31. The summed E-state index contributed by atoms with van der Waals surface area (Å²) in [6.45, 7) is 2.03. The SMILES string of the molecule is CS(=O)(=O)OCC1(n2nc(-c3ccc(Oc4ccccc4)cc3)c(C#N)c2N)CCN(Cc2ccccc2)CC1. The van der Waals surface area contributed by atoms with Crippen LogP contribution in [0.2, 0.25) is 0 Å². The Labute approximate surface area is 234 Å². The first-order valence-electron chi connectivity index (χ1n) is 13.0. The molecule has 1 aromatic heterocycles. The van der Waals surface area contributed by atoms with Gasteiger partial charge in [-0.15, -0.1) is 0 Å². The molecule has 0 radical (unpaired) electrons. The van der Waals surface area contributed by atoms with Crippen LogP contribution in [0.15, 0.2) is 84.9 Å². The summed E-state index contributed by atoms with van der Waals surface area (Å²) in [5, 5.41) is 14.8. The number of piperidine rings is 1. The number of nitriles is 1. The van der Waals surface area contributed by atoms with E-state index in [0.717, 1.165) is 12.8 Å². The Morgan fingerprint density at radius 3 is 2.15 bits per heavy atom. The van der Waals surface area contributed by atoms with Crippen LogP contribution in [0.3, 0.4) is 0 Å². The molecule has 2 heterocycles. The lowest BCUT2D eigenvalue weighted by molar-refractivity contribution is 0.0544. The van der Waals surface area contributed by atoms with Crippen molar-refractivity contribution in [1.29, 1.82) is 5.26 Å². The Balaban J connectivity index is 1.43. The topological polar surface area (TPSA) is 123 Å². The summed E-state index contributed by atoms with van der Waals surface area (Å²) in [7, 11) is -3.71. The number of nitrogens with two attached hydrogens (primary N) is 1. The van der Waals surface area contributed by atoms with E-state index in [1.807, 2.05) is 72.8 Å². The van der Waals surface area contributed by atoms with Crippen molar-refractivity contribution in [2.45, 2.75) is 24.9 Å². The minimum absolute atomic E-state index is 0.120. The molecule has 0 aliphatic carbocycles. The molecule has 1 saturated heterocycles. The van der Waals surface area contributed by atoms with Crippen LogP contribution in [0.1, 0.15) is 24.0 Å². The van der Waals surface area contributed by atoms with Crippen LogP contribution in [0.25, 0.3) is 11.3 Å². The maximum Gasteiger partial charge on any atom is 0.264 e. The van der Waals surface area contributed by atoms with E-state index < -0.39 is 15.7 Å². The predicted molar refractivity (Wildman–Crippen MR) is 153 cm³/mol. The van der Waals surface area contributed by atoms with Crippen molar-refractivity contribution in [3.8, 4) is 28.8 Å². The number of ether oxygens (including phenoxy) is 1. The van der Waals surface area contributed by atoms with E-state index in [-0.39, 0.29) is 18.0 Å². The van der Waals surface area contributed by atoms with E-state index in [9.17, 15) is 13.7 Å². The van der Waals surface area contributed by atoms with Gasteiger partial charge in [0.2, 0.25) is 0 Å². The Bertz CT molecular complexity index is 1590. The Kier molecular flexibility index (Phi) is 7.89. The van der Waals surface area contributed by atoms with Crippen LogP contribution in [0.5, 0.6) is 11.5 Å². The summed E-state index contributed by atoms with van der Waals surface area (Å²) in [5.41, 5.74) is 8.27. The highest BCUT2D eigenvalue weighted by Crippen LogP contribution is 2.38. The van der Waals surface area contributed by atoms with Crippen LogP contribution in [0, 0.1) is 11.3 Å². The molecule has 1 aliphatic heterocycles. The molecule has 5 rings (SSSR count). The van der Waals surface area contributed by atoms with Crippen LogP contribution in [-0.2, 0) is 26.4 Å². The van der Waals surface area contributed by atoms with Crippen molar-refractivity contribution >= 4 is 15.9 Å². The number of nitrogen functional groups attached to an aromatic ring is 1. The monoisotopic (exact) mass is 557 g/mol. The van der Waals surface area contributed by atoms with Gasteiger partial charge in [-0.05, 0) is 54.8 Å². The molecule has 0 amide bonds. The number of anilines is 1.